The van der Waals surface area contributed by atoms with Crippen LogP contribution in [0.2, 0.25) is 0 Å². The van der Waals surface area contributed by atoms with E-state index in [4.69, 9.17) is 0 Å². The van der Waals surface area contributed by atoms with E-state index in [1.807, 2.05) is 30.3 Å². The highest BCUT2D eigenvalue weighted by molar-refractivity contribution is 5.99. The molecule has 0 bridgehead atoms. The van der Waals surface area contributed by atoms with E-state index in [0.717, 1.165) is 17.5 Å². The Morgan fingerprint density at radius 2 is 1.36 bits per heavy atom. The summed E-state index contributed by atoms with van der Waals surface area (Å²) in [6.45, 7) is 0.802. The summed E-state index contributed by atoms with van der Waals surface area (Å²) in [6, 6.07) is 22.4. The molecule has 0 radical (unpaired) electrons. The highest BCUT2D eigenvalue weighted by Gasteiger charge is 2.10. The predicted molar refractivity (Wildman–Crippen MR) is 106 cm³/mol. The molecule has 0 spiro atoms. The van der Waals surface area contributed by atoms with Gasteiger partial charge in [-0.3, -0.25) is 9.59 Å². The zero-order valence-corrected chi connectivity index (χ0v) is 15.3. The Morgan fingerprint density at radius 1 is 0.714 bits per heavy atom. The number of nitrogens with one attached hydrogen (secondary N) is 2. The molecule has 0 saturated heterocycles. The fraction of sp³-hybridized carbons (Fsp3) is 0.130. The molecular weight excluding hydrogens is 355 g/mol. The van der Waals surface area contributed by atoms with Crippen molar-refractivity contribution in [2.24, 2.45) is 0 Å². The van der Waals surface area contributed by atoms with Crippen molar-refractivity contribution < 1.29 is 14.0 Å². The molecule has 0 aliphatic carbocycles. The SMILES string of the molecule is O=C(NCCc1ccccc1)c1cccc(C(=O)NCc2ccc(F)cc2)c1. The molecule has 0 aliphatic heterocycles. The molecule has 4 nitrogen and oxygen atoms in total. The molecule has 0 atom stereocenters. The molecule has 142 valence electrons. The van der Waals surface area contributed by atoms with Crippen molar-refractivity contribution in [3.63, 3.8) is 0 Å². The van der Waals surface area contributed by atoms with Crippen molar-refractivity contribution in [1.82, 2.24) is 10.6 Å². The highest BCUT2D eigenvalue weighted by Crippen LogP contribution is 2.07. The second-order valence-corrected chi connectivity index (χ2v) is 6.38. The minimum atomic E-state index is -0.318. The Bertz CT molecular complexity index is 940. The van der Waals surface area contributed by atoms with E-state index < -0.39 is 0 Å². The van der Waals surface area contributed by atoms with Gasteiger partial charge < -0.3 is 10.6 Å². The monoisotopic (exact) mass is 376 g/mol. The van der Waals surface area contributed by atoms with Crippen molar-refractivity contribution in [2.45, 2.75) is 13.0 Å². The summed E-state index contributed by atoms with van der Waals surface area (Å²) < 4.78 is 12.9. The van der Waals surface area contributed by atoms with Crippen LogP contribution in [0.25, 0.3) is 0 Å². The Balaban J connectivity index is 1.54. The van der Waals surface area contributed by atoms with Gasteiger partial charge in [-0.2, -0.15) is 0 Å². The molecule has 5 heteroatoms. The molecule has 0 saturated carbocycles. The second kappa shape index (κ2) is 9.46. The molecular formula is C23H21FN2O2. The summed E-state index contributed by atoms with van der Waals surface area (Å²) in [4.78, 5) is 24.7. The third kappa shape index (κ3) is 5.51. The molecule has 0 heterocycles. The third-order valence-corrected chi connectivity index (χ3v) is 4.30. The number of benzene rings is 3. The number of rotatable bonds is 7. The fourth-order valence-electron chi connectivity index (χ4n) is 2.76. The average molecular weight is 376 g/mol. The first-order chi connectivity index (χ1) is 13.6. The van der Waals surface area contributed by atoms with E-state index in [2.05, 4.69) is 10.6 Å². The quantitative estimate of drug-likeness (QED) is 0.660. The maximum absolute atomic E-state index is 12.9. The molecule has 3 rings (SSSR count). The van der Waals surface area contributed by atoms with Crippen LogP contribution in [0, 0.1) is 5.82 Å². The molecule has 0 fully saturated rings. The van der Waals surface area contributed by atoms with E-state index >= 15 is 0 Å². The van der Waals surface area contributed by atoms with Crippen LogP contribution in [-0.4, -0.2) is 18.4 Å². The van der Waals surface area contributed by atoms with Crippen LogP contribution < -0.4 is 10.6 Å². The van der Waals surface area contributed by atoms with Crippen LogP contribution in [0.1, 0.15) is 31.8 Å². The first kappa shape index (κ1) is 19.3. The molecule has 3 aromatic carbocycles. The van der Waals surface area contributed by atoms with E-state index in [-0.39, 0.29) is 24.2 Å². The summed E-state index contributed by atoms with van der Waals surface area (Å²) in [6.07, 6.45) is 0.741. The van der Waals surface area contributed by atoms with Gasteiger partial charge in [0.2, 0.25) is 0 Å². The molecule has 3 aromatic rings. The minimum Gasteiger partial charge on any atom is -0.352 e. The Labute approximate surface area is 163 Å². The standard InChI is InChI=1S/C23H21FN2O2/c24-21-11-9-18(10-12-21)16-26-23(28)20-8-4-7-19(15-20)22(27)25-14-13-17-5-2-1-3-6-17/h1-12,15H,13-14,16H2,(H,25,27)(H,26,28). The van der Waals surface area contributed by atoms with Crippen molar-refractivity contribution in [1.29, 1.82) is 0 Å². The summed E-state index contributed by atoms with van der Waals surface area (Å²) in [5, 5.41) is 5.64. The van der Waals surface area contributed by atoms with Gasteiger partial charge in [0.1, 0.15) is 5.82 Å². The molecule has 0 aromatic heterocycles. The van der Waals surface area contributed by atoms with Gasteiger partial charge in [0.25, 0.3) is 11.8 Å². The van der Waals surface area contributed by atoms with Gasteiger partial charge in [-0.25, -0.2) is 4.39 Å². The molecule has 2 N–H and O–H groups in total. The topological polar surface area (TPSA) is 58.2 Å². The first-order valence-electron chi connectivity index (χ1n) is 9.06. The Kier molecular flexibility index (Phi) is 6.52. The van der Waals surface area contributed by atoms with Crippen molar-refractivity contribution in [3.05, 3.63) is 107 Å². The number of carbonyl (C=O) groups excluding carboxylic acids is 2. The van der Waals surface area contributed by atoms with Crippen LogP contribution in [-0.2, 0) is 13.0 Å². The van der Waals surface area contributed by atoms with E-state index in [9.17, 15) is 14.0 Å². The Hall–Kier alpha value is -3.47. The fourth-order valence-corrected chi connectivity index (χ4v) is 2.76. The van der Waals surface area contributed by atoms with Crippen molar-refractivity contribution in [3.8, 4) is 0 Å². The smallest absolute Gasteiger partial charge is 0.251 e. The number of hydrogen-bond acceptors (Lipinski definition) is 2. The molecule has 28 heavy (non-hydrogen) atoms. The van der Waals surface area contributed by atoms with Crippen molar-refractivity contribution in [2.75, 3.05) is 6.54 Å². The van der Waals surface area contributed by atoms with Crippen LogP contribution in [0.4, 0.5) is 4.39 Å². The lowest BCUT2D eigenvalue weighted by Gasteiger charge is -2.08. The van der Waals surface area contributed by atoms with E-state index in [1.54, 1.807) is 36.4 Å². The first-order valence-corrected chi connectivity index (χ1v) is 9.06. The number of halogens is 1. The lowest BCUT2D eigenvalue weighted by atomic mass is 10.1. The summed E-state index contributed by atoms with van der Waals surface area (Å²) >= 11 is 0. The largest absolute Gasteiger partial charge is 0.352 e. The summed E-state index contributed by atoms with van der Waals surface area (Å²) in [5.74, 6) is -0.826. The van der Waals surface area contributed by atoms with Crippen LogP contribution >= 0.6 is 0 Å². The lowest BCUT2D eigenvalue weighted by Crippen LogP contribution is -2.27. The maximum atomic E-state index is 12.9. The van der Waals surface area contributed by atoms with Gasteiger partial charge >= 0.3 is 0 Å². The Morgan fingerprint density at radius 3 is 2.04 bits per heavy atom. The molecule has 0 aliphatic rings. The molecule has 2 amide bonds. The van der Waals surface area contributed by atoms with Gasteiger partial charge in [-0.1, -0.05) is 48.5 Å². The van der Waals surface area contributed by atoms with Gasteiger partial charge in [0.05, 0.1) is 0 Å². The van der Waals surface area contributed by atoms with E-state index in [0.29, 0.717) is 17.7 Å². The van der Waals surface area contributed by atoms with Gasteiger partial charge in [-0.05, 0) is 47.9 Å². The lowest BCUT2D eigenvalue weighted by molar-refractivity contribution is 0.0950. The van der Waals surface area contributed by atoms with Crippen LogP contribution in [0.15, 0.2) is 78.9 Å². The normalized spacial score (nSPS) is 10.3. The maximum Gasteiger partial charge on any atom is 0.251 e. The average Bonchev–Trinajstić information content (AvgIpc) is 2.74. The third-order valence-electron chi connectivity index (χ3n) is 4.30. The predicted octanol–water partition coefficient (Wildman–Crippen LogP) is 3.73. The van der Waals surface area contributed by atoms with E-state index in [1.165, 1.54) is 12.1 Å². The zero-order chi connectivity index (χ0) is 19.8. The van der Waals surface area contributed by atoms with Crippen LogP contribution in [0.5, 0.6) is 0 Å². The van der Waals surface area contributed by atoms with Gasteiger partial charge in [0.15, 0.2) is 0 Å². The van der Waals surface area contributed by atoms with Gasteiger partial charge in [0, 0.05) is 24.2 Å². The highest BCUT2D eigenvalue weighted by atomic mass is 19.1. The molecule has 0 unspecified atom stereocenters. The van der Waals surface area contributed by atoms with Crippen LogP contribution in [0.3, 0.4) is 0 Å². The summed E-state index contributed by atoms with van der Waals surface area (Å²) in [5.41, 5.74) is 2.78. The zero-order valence-electron chi connectivity index (χ0n) is 15.3. The van der Waals surface area contributed by atoms with Gasteiger partial charge in [-0.15, -0.1) is 0 Å². The summed E-state index contributed by atoms with van der Waals surface area (Å²) in [7, 11) is 0. The number of hydrogen-bond donors (Lipinski definition) is 2. The number of amides is 2. The second-order valence-electron chi connectivity index (χ2n) is 6.38. The van der Waals surface area contributed by atoms with Crippen molar-refractivity contribution >= 4 is 11.8 Å². The minimum absolute atomic E-state index is 0.218. The number of carbonyl (C=O) groups is 2.